The topological polar surface area (TPSA) is 71.8 Å². The van der Waals surface area contributed by atoms with Crippen LogP contribution >= 0.6 is 0 Å². The fourth-order valence-corrected chi connectivity index (χ4v) is 1.98. The molecule has 2 aromatic carbocycles. The highest BCUT2D eigenvalue weighted by Gasteiger charge is 2.10. The highest BCUT2D eigenvalue weighted by Crippen LogP contribution is 2.16. The van der Waals surface area contributed by atoms with E-state index in [0.29, 0.717) is 24.5 Å². The minimum absolute atomic E-state index is 0.0645. The SMILES string of the molecule is COc1ccc(OCCN(C)C(=O)COc2ccc(C#N)cc2)cc1. The summed E-state index contributed by atoms with van der Waals surface area (Å²) >= 11 is 0. The Morgan fingerprint density at radius 2 is 1.56 bits per heavy atom. The van der Waals surface area contributed by atoms with Crippen molar-refractivity contribution in [2.45, 2.75) is 0 Å². The Labute approximate surface area is 147 Å². The molecule has 6 heteroatoms. The van der Waals surface area contributed by atoms with E-state index in [1.807, 2.05) is 30.3 Å². The van der Waals surface area contributed by atoms with E-state index < -0.39 is 0 Å². The van der Waals surface area contributed by atoms with E-state index in [1.165, 1.54) is 0 Å². The summed E-state index contributed by atoms with van der Waals surface area (Å²) in [6.45, 7) is 0.762. The maximum absolute atomic E-state index is 12.0. The van der Waals surface area contributed by atoms with Crippen molar-refractivity contribution in [2.24, 2.45) is 0 Å². The Morgan fingerprint density at radius 3 is 2.16 bits per heavy atom. The van der Waals surface area contributed by atoms with Crippen molar-refractivity contribution in [1.82, 2.24) is 4.90 Å². The summed E-state index contributed by atoms with van der Waals surface area (Å²) in [5.74, 6) is 1.88. The van der Waals surface area contributed by atoms with Crippen LogP contribution < -0.4 is 14.2 Å². The zero-order valence-electron chi connectivity index (χ0n) is 14.3. The number of rotatable bonds is 8. The number of benzene rings is 2. The Balaban J connectivity index is 1.71. The molecular weight excluding hydrogens is 320 g/mol. The normalized spacial score (nSPS) is 9.80. The average molecular weight is 340 g/mol. The molecule has 0 N–H and O–H groups in total. The van der Waals surface area contributed by atoms with Crippen molar-refractivity contribution in [3.8, 4) is 23.3 Å². The van der Waals surface area contributed by atoms with E-state index in [0.717, 1.165) is 11.5 Å². The van der Waals surface area contributed by atoms with Crippen LogP contribution in [0.5, 0.6) is 17.2 Å². The standard InChI is InChI=1S/C19H20N2O4/c1-21(11-12-24-17-9-7-16(23-2)8-10-17)19(22)14-25-18-5-3-15(13-20)4-6-18/h3-10H,11-12,14H2,1-2H3. The minimum Gasteiger partial charge on any atom is -0.497 e. The van der Waals surface area contributed by atoms with Crippen molar-refractivity contribution in [1.29, 1.82) is 5.26 Å². The molecule has 0 fully saturated rings. The predicted octanol–water partition coefficient (Wildman–Crippen LogP) is 2.48. The summed E-state index contributed by atoms with van der Waals surface area (Å²) in [5, 5.41) is 8.74. The summed E-state index contributed by atoms with van der Waals surface area (Å²) in [7, 11) is 3.30. The lowest BCUT2D eigenvalue weighted by Gasteiger charge is -2.18. The van der Waals surface area contributed by atoms with Gasteiger partial charge in [0.15, 0.2) is 6.61 Å². The van der Waals surface area contributed by atoms with Gasteiger partial charge in [-0.05, 0) is 48.5 Å². The van der Waals surface area contributed by atoms with Crippen molar-refractivity contribution < 1.29 is 19.0 Å². The summed E-state index contributed by atoms with van der Waals surface area (Å²) in [6.07, 6.45) is 0. The lowest BCUT2D eigenvalue weighted by atomic mass is 10.2. The number of ether oxygens (including phenoxy) is 3. The molecule has 0 unspecified atom stereocenters. The Bertz CT molecular complexity index is 721. The van der Waals surface area contributed by atoms with Crippen LogP contribution in [0.3, 0.4) is 0 Å². The van der Waals surface area contributed by atoms with Gasteiger partial charge in [0.2, 0.25) is 0 Å². The Hall–Kier alpha value is -3.20. The Morgan fingerprint density at radius 1 is 1.00 bits per heavy atom. The quantitative estimate of drug-likeness (QED) is 0.738. The third kappa shape index (κ3) is 5.74. The second-order valence-corrected chi connectivity index (χ2v) is 5.26. The number of carbonyl (C=O) groups is 1. The molecular formula is C19H20N2O4. The number of nitriles is 1. The third-order valence-electron chi connectivity index (χ3n) is 3.53. The first-order valence-electron chi connectivity index (χ1n) is 7.76. The highest BCUT2D eigenvalue weighted by atomic mass is 16.5. The molecule has 25 heavy (non-hydrogen) atoms. The van der Waals surface area contributed by atoms with Gasteiger partial charge in [-0.25, -0.2) is 0 Å². The molecule has 0 bridgehead atoms. The maximum atomic E-state index is 12.0. The number of methoxy groups -OCH3 is 1. The van der Waals surface area contributed by atoms with Gasteiger partial charge in [-0.1, -0.05) is 0 Å². The van der Waals surface area contributed by atoms with E-state index in [9.17, 15) is 4.79 Å². The highest BCUT2D eigenvalue weighted by molar-refractivity contribution is 5.77. The fourth-order valence-electron chi connectivity index (χ4n) is 1.98. The largest absolute Gasteiger partial charge is 0.497 e. The van der Waals surface area contributed by atoms with Crippen LogP contribution in [-0.2, 0) is 4.79 Å². The lowest BCUT2D eigenvalue weighted by Crippen LogP contribution is -2.34. The lowest BCUT2D eigenvalue weighted by molar-refractivity contribution is -0.132. The molecule has 0 radical (unpaired) electrons. The first-order chi connectivity index (χ1) is 12.1. The van der Waals surface area contributed by atoms with Crippen molar-refractivity contribution in [3.05, 3.63) is 54.1 Å². The average Bonchev–Trinajstić information content (AvgIpc) is 2.66. The molecule has 2 aromatic rings. The Kier molecular flexibility index (Phi) is 6.66. The van der Waals surface area contributed by atoms with E-state index >= 15 is 0 Å². The van der Waals surface area contributed by atoms with Gasteiger partial charge in [-0.2, -0.15) is 5.26 Å². The van der Waals surface area contributed by atoms with Gasteiger partial charge in [0.1, 0.15) is 23.9 Å². The predicted molar refractivity (Wildman–Crippen MR) is 92.8 cm³/mol. The summed E-state index contributed by atoms with van der Waals surface area (Å²) in [6, 6.07) is 15.9. The third-order valence-corrected chi connectivity index (χ3v) is 3.53. The van der Waals surface area contributed by atoms with Crippen LogP contribution in [0.15, 0.2) is 48.5 Å². The second-order valence-electron chi connectivity index (χ2n) is 5.26. The molecule has 0 aliphatic carbocycles. The number of amides is 1. The molecule has 6 nitrogen and oxygen atoms in total. The number of likely N-dealkylation sites (N-methyl/N-ethyl adjacent to an activating group) is 1. The number of hydrogen-bond acceptors (Lipinski definition) is 5. The summed E-state index contributed by atoms with van der Waals surface area (Å²) < 4.78 is 16.1. The molecule has 0 spiro atoms. The van der Waals surface area contributed by atoms with Gasteiger partial charge in [-0.3, -0.25) is 4.79 Å². The van der Waals surface area contributed by atoms with Gasteiger partial charge in [0, 0.05) is 7.05 Å². The molecule has 1 amide bonds. The number of hydrogen-bond donors (Lipinski definition) is 0. The van der Waals surface area contributed by atoms with Crippen LogP contribution in [0.25, 0.3) is 0 Å². The van der Waals surface area contributed by atoms with Crippen LogP contribution in [0.1, 0.15) is 5.56 Å². The molecule has 0 aliphatic heterocycles. The van der Waals surface area contributed by atoms with Gasteiger partial charge in [-0.15, -0.1) is 0 Å². The van der Waals surface area contributed by atoms with E-state index in [4.69, 9.17) is 19.5 Å². The summed E-state index contributed by atoms with van der Waals surface area (Å²) in [5.41, 5.74) is 0.548. The molecule has 0 aliphatic rings. The number of carbonyl (C=O) groups excluding carboxylic acids is 1. The van der Waals surface area contributed by atoms with Crippen LogP contribution in [-0.4, -0.2) is 44.7 Å². The van der Waals surface area contributed by atoms with Crippen LogP contribution in [0.4, 0.5) is 0 Å². The molecule has 130 valence electrons. The molecule has 0 heterocycles. The monoisotopic (exact) mass is 340 g/mol. The van der Waals surface area contributed by atoms with Gasteiger partial charge in [0.05, 0.1) is 25.3 Å². The van der Waals surface area contributed by atoms with Crippen molar-refractivity contribution in [3.63, 3.8) is 0 Å². The van der Waals surface area contributed by atoms with Gasteiger partial charge in [0.25, 0.3) is 5.91 Å². The van der Waals surface area contributed by atoms with E-state index in [1.54, 1.807) is 43.3 Å². The fraction of sp³-hybridized carbons (Fsp3) is 0.263. The molecule has 0 saturated carbocycles. The first-order valence-corrected chi connectivity index (χ1v) is 7.76. The van der Waals surface area contributed by atoms with Crippen LogP contribution in [0.2, 0.25) is 0 Å². The summed E-state index contributed by atoms with van der Waals surface area (Å²) in [4.78, 5) is 13.6. The maximum Gasteiger partial charge on any atom is 0.260 e. The molecule has 2 rings (SSSR count). The van der Waals surface area contributed by atoms with Crippen LogP contribution in [0, 0.1) is 11.3 Å². The minimum atomic E-state index is -0.150. The van der Waals surface area contributed by atoms with E-state index in [-0.39, 0.29) is 12.5 Å². The zero-order valence-corrected chi connectivity index (χ0v) is 14.3. The first kappa shape index (κ1) is 18.1. The van der Waals surface area contributed by atoms with Gasteiger partial charge < -0.3 is 19.1 Å². The molecule has 0 atom stereocenters. The van der Waals surface area contributed by atoms with E-state index in [2.05, 4.69) is 0 Å². The second kappa shape index (κ2) is 9.18. The van der Waals surface area contributed by atoms with Crippen molar-refractivity contribution in [2.75, 3.05) is 33.9 Å². The zero-order chi connectivity index (χ0) is 18.1. The number of nitrogens with zero attached hydrogens (tertiary/aromatic N) is 2. The van der Waals surface area contributed by atoms with Gasteiger partial charge >= 0.3 is 0 Å². The van der Waals surface area contributed by atoms with Crippen molar-refractivity contribution >= 4 is 5.91 Å². The smallest absolute Gasteiger partial charge is 0.260 e. The molecule has 0 saturated heterocycles. The molecule has 0 aromatic heterocycles.